The van der Waals surface area contributed by atoms with Crippen LogP contribution in [0.5, 0.6) is 5.75 Å². The van der Waals surface area contributed by atoms with Gasteiger partial charge in [0.2, 0.25) is 15.9 Å². The van der Waals surface area contributed by atoms with Crippen LogP contribution in [0.25, 0.3) is 0 Å². The van der Waals surface area contributed by atoms with Crippen LogP contribution in [0.3, 0.4) is 0 Å². The number of amides is 1. The third kappa shape index (κ3) is 5.36. The van der Waals surface area contributed by atoms with Gasteiger partial charge in [-0.3, -0.25) is 4.79 Å². The van der Waals surface area contributed by atoms with E-state index < -0.39 is 28.3 Å². The van der Waals surface area contributed by atoms with Crippen LogP contribution in [0.1, 0.15) is 25.7 Å². The summed E-state index contributed by atoms with van der Waals surface area (Å²) in [5, 5.41) is 9.72. The quantitative estimate of drug-likeness (QED) is 0.634. The smallest absolute Gasteiger partial charge is 0.244 e. The summed E-state index contributed by atoms with van der Waals surface area (Å²) in [6.45, 7) is 1.15. The standard InChI is InChI=1S/C20H28N2O6S/c1-27-17-7-3-4-8-19(17)29(25,26)21-16-10-9-15(28-18(16)14-23)13-20(24)22-11-5-2-6-12-22/h3-4,7-10,15-16,18,21,23H,2,5-6,11-14H2,1H3/t15-,16-,18-/m0/s1. The molecule has 29 heavy (non-hydrogen) atoms. The van der Waals surface area contributed by atoms with E-state index in [1.54, 1.807) is 30.4 Å². The van der Waals surface area contributed by atoms with Crippen molar-refractivity contribution in [3.8, 4) is 5.75 Å². The zero-order valence-corrected chi connectivity index (χ0v) is 17.3. The first-order valence-corrected chi connectivity index (χ1v) is 11.3. The average Bonchev–Trinajstić information content (AvgIpc) is 2.75. The van der Waals surface area contributed by atoms with E-state index in [0.717, 1.165) is 32.4 Å². The molecule has 0 aliphatic carbocycles. The SMILES string of the molecule is COc1ccccc1S(=O)(=O)N[C@H]1C=C[C@@H](CC(=O)N2CCCCC2)O[C@H]1CO. The number of hydrogen-bond donors (Lipinski definition) is 2. The van der Waals surface area contributed by atoms with Gasteiger partial charge in [-0.2, -0.15) is 0 Å². The molecule has 2 aliphatic heterocycles. The van der Waals surface area contributed by atoms with Crippen molar-refractivity contribution in [2.45, 2.75) is 48.8 Å². The maximum Gasteiger partial charge on any atom is 0.244 e. The molecule has 0 spiro atoms. The van der Waals surface area contributed by atoms with E-state index in [1.165, 1.54) is 13.2 Å². The molecule has 3 rings (SSSR count). The molecule has 0 aromatic heterocycles. The van der Waals surface area contributed by atoms with Crippen LogP contribution in [-0.2, 0) is 19.6 Å². The first-order chi connectivity index (χ1) is 13.9. The highest BCUT2D eigenvalue weighted by molar-refractivity contribution is 7.89. The van der Waals surface area contributed by atoms with Gasteiger partial charge >= 0.3 is 0 Å². The number of aliphatic hydroxyl groups excluding tert-OH is 1. The predicted octanol–water partition coefficient (Wildman–Crippen LogP) is 1.06. The number of para-hydroxylation sites is 1. The number of carbonyl (C=O) groups excluding carboxylic acids is 1. The van der Waals surface area contributed by atoms with Gasteiger partial charge in [-0.15, -0.1) is 0 Å². The fourth-order valence-electron chi connectivity index (χ4n) is 3.64. The van der Waals surface area contributed by atoms with Crippen LogP contribution in [0, 0.1) is 0 Å². The van der Waals surface area contributed by atoms with Gasteiger partial charge in [0.05, 0.1) is 32.3 Å². The average molecular weight is 425 g/mol. The van der Waals surface area contributed by atoms with E-state index >= 15 is 0 Å². The zero-order valence-electron chi connectivity index (χ0n) is 16.5. The minimum Gasteiger partial charge on any atom is -0.495 e. The maximum atomic E-state index is 12.8. The molecule has 160 valence electrons. The lowest BCUT2D eigenvalue weighted by Crippen LogP contribution is -2.49. The van der Waals surface area contributed by atoms with Gasteiger partial charge in [0, 0.05) is 13.1 Å². The molecule has 9 heteroatoms. The first-order valence-electron chi connectivity index (χ1n) is 9.82. The number of methoxy groups -OCH3 is 1. The van der Waals surface area contributed by atoms with Gasteiger partial charge in [-0.1, -0.05) is 24.3 Å². The molecule has 1 aromatic carbocycles. The topological polar surface area (TPSA) is 105 Å². The number of nitrogens with zero attached hydrogens (tertiary/aromatic N) is 1. The molecule has 8 nitrogen and oxygen atoms in total. The van der Waals surface area contributed by atoms with Crippen molar-refractivity contribution in [2.24, 2.45) is 0 Å². The molecule has 0 saturated carbocycles. The fourth-order valence-corrected chi connectivity index (χ4v) is 5.03. The summed E-state index contributed by atoms with van der Waals surface area (Å²) in [4.78, 5) is 14.3. The lowest BCUT2D eigenvalue weighted by Gasteiger charge is -2.33. The number of hydrogen-bond acceptors (Lipinski definition) is 6. The highest BCUT2D eigenvalue weighted by atomic mass is 32.2. The second-order valence-corrected chi connectivity index (χ2v) is 8.91. The van der Waals surface area contributed by atoms with Crippen LogP contribution in [0.4, 0.5) is 0 Å². The van der Waals surface area contributed by atoms with E-state index in [2.05, 4.69) is 4.72 Å². The third-order valence-electron chi connectivity index (χ3n) is 5.20. The highest BCUT2D eigenvalue weighted by Gasteiger charge is 2.33. The van der Waals surface area contributed by atoms with Crippen molar-refractivity contribution < 1.29 is 27.8 Å². The lowest BCUT2D eigenvalue weighted by molar-refractivity contribution is -0.136. The highest BCUT2D eigenvalue weighted by Crippen LogP contribution is 2.25. The van der Waals surface area contributed by atoms with Gasteiger partial charge in [0.25, 0.3) is 0 Å². The summed E-state index contributed by atoms with van der Waals surface area (Å²) in [5.74, 6) is 0.246. The second-order valence-electron chi connectivity index (χ2n) is 7.22. The molecular formula is C20H28N2O6S. The summed E-state index contributed by atoms with van der Waals surface area (Å²) in [7, 11) is -2.49. The van der Waals surface area contributed by atoms with Crippen LogP contribution in [0.15, 0.2) is 41.3 Å². The minimum atomic E-state index is -3.90. The van der Waals surface area contributed by atoms with Crippen molar-refractivity contribution in [3.05, 3.63) is 36.4 Å². The van der Waals surface area contributed by atoms with E-state index in [9.17, 15) is 18.3 Å². The zero-order chi connectivity index (χ0) is 20.9. The molecule has 0 unspecified atom stereocenters. The second kappa shape index (κ2) is 9.71. The lowest BCUT2D eigenvalue weighted by atomic mass is 10.0. The van der Waals surface area contributed by atoms with E-state index in [1.807, 2.05) is 4.90 Å². The summed E-state index contributed by atoms with van der Waals surface area (Å²) < 4.78 is 39.1. The number of benzene rings is 1. The Morgan fingerprint density at radius 1 is 1.24 bits per heavy atom. The number of rotatable bonds is 7. The van der Waals surface area contributed by atoms with Gasteiger partial charge in [-0.05, 0) is 31.4 Å². The third-order valence-corrected chi connectivity index (χ3v) is 6.70. The monoisotopic (exact) mass is 424 g/mol. The molecule has 2 N–H and O–H groups in total. The number of ether oxygens (including phenoxy) is 2. The Morgan fingerprint density at radius 2 is 1.97 bits per heavy atom. The first kappa shape index (κ1) is 21.8. The predicted molar refractivity (Wildman–Crippen MR) is 107 cm³/mol. The summed E-state index contributed by atoms with van der Waals surface area (Å²) in [6.07, 6.45) is 5.40. The van der Waals surface area contributed by atoms with Crippen LogP contribution in [-0.4, -0.2) is 69.4 Å². The van der Waals surface area contributed by atoms with E-state index in [4.69, 9.17) is 9.47 Å². The van der Waals surface area contributed by atoms with Crippen molar-refractivity contribution in [2.75, 3.05) is 26.8 Å². The molecule has 1 amide bonds. The number of piperidine rings is 1. The summed E-state index contributed by atoms with van der Waals surface area (Å²) in [5.41, 5.74) is 0. The maximum absolute atomic E-state index is 12.8. The number of likely N-dealkylation sites (tertiary alicyclic amines) is 1. The normalized spacial score (nSPS) is 25.0. The van der Waals surface area contributed by atoms with E-state index in [-0.39, 0.29) is 29.6 Å². The van der Waals surface area contributed by atoms with Gasteiger partial charge in [0.1, 0.15) is 16.7 Å². The summed E-state index contributed by atoms with van der Waals surface area (Å²) >= 11 is 0. The van der Waals surface area contributed by atoms with Crippen LogP contribution < -0.4 is 9.46 Å². The van der Waals surface area contributed by atoms with Crippen molar-refractivity contribution >= 4 is 15.9 Å². The minimum absolute atomic E-state index is 0.00925. The molecule has 1 saturated heterocycles. The number of aliphatic hydroxyl groups is 1. The largest absolute Gasteiger partial charge is 0.495 e. The molecular weight excluding hydrogens is 396 g/mol. The van der Waals surface area contributed by atoms with Gasteiger partial charge in [0.15, 0.2) is 0 Å². The Kier molecular flexibility index (Phi) is 7.28. The molecule has 1 aromatic rings. The Labute approximate surface area is 171 Å². The van der Waals surface area contributed by atoms with Crippen molar-refractivity contribution in [1.29, 1.82) is 0 Å². The number of nitrogens with one attached hydrogen (secondary N) is 1. The van der Waals surface area contributed by atoms with Gasteiger partial charge in [-0.25, -0.2) is 13.1 Å². The van der Waals surface area contributed by atoms with Crippen molar-refractivity contribution in [1.82, 2.24) is 9.62 Å². The Hall–Kier alpha value is -1.94. The molecule has 3 atom stereocenters. The Morgan fingerprint density at radius 3 is 2.66 bits per heavy atom. The number of sulfonamides is 1. The molecule has 2 heterocycles. The Bertz CT molecular complexity index is 835. The van der Waals surface area contributed by atoms with E-state index in [0.29, 0.717) is 0 Å². The molecule has 0 bridgehead atoms. The van der Waals surface area contributed by atoms with Crippen molar-refractivity contribution in [3.63, 3.8) is 0 Å². The number of carbonyl (C=O) groups is 1. The molecule has 1 fully saturated rings. The Balaban J connectivity index is 1.67. The fraction of sp³-hybridized carbons (Fsp3) is 0.550. The van der Waals surface area contributed by atoms with Crippen LogP contribution in [0.2, 0.25) is 0 Å². The van der Waals surface area contributed by atoms with Gasteiger partial charge < -0.3 is 19.5 Å². The molecule has 0 radical (unpaired) electrons. The molecule has 2 aliphatic rings. The summed E-state index contributed by atoms with van der Waals surface area (Å²) in [6, 6.07) is 5.55. The van der Waals surface area contributed by atoms with Crippen LogP contribution >= 0.6 is 0 Å².